The standard InChI is InChI=1S/C22H23BrN4OS/c1-14-13-16(15(2)27(14)19-9-4-3-7-17(19)23)21-20(18-8-5-6-10-24-18)25-22(29)26(21)11-12-28/h3-10,13,20-21,28H,11-12H2,1-2H3,(H,25,29). The molecule has 7 heteroatoms. The van der Waals surface area contributed by atoms with Crippen molar-refractivity contribution in [2.45, 2.75) is 25.9 Å². The van der Waals surface area contributed by atoms with Crippen LogP contribution in [0.2, 0.25) is 0 Å². The number of nitrogens with zero attached hydrogens (tertiary/aromatic N) is 3. The Bertz CT molecular complexity index is 1040. The van der Waals surface area contributed by atoms with E-state index < -0.39 is 0 Å². The van der Waals surface area contributed by atoms with Crippen molar-refractivity contribution in [1.82, 2.24) is 19.8 Å². The number of benzene rings is 1. The fraction of sp³-hybridized carbons (Fsp3) is 0.273. The van der Waals surface area contributed by atoms with Gasteiger partial charge in [-0.1, -0.05) is 18.2 Å². The maximum Gasteiger partial charge on any atom is 0.170 e. The molecular formula is C22H23BrN4OS. The molecule has 1 saturated heterocycles. The van der Waals surface area contributed by atoms with Crippen molar-refractivity contribution >= 4 is 33.3 Å². The Labute approximate surface area is 184 Å². The fourth-order valence-corrected chi connectivity index (χ4v) is 4.98. The molecule has 1 fully saturated rings. The van der Waals surface area contributed by atoms with Gasteiger partial charge in [-0.05, 0) is 77.9 Å². The van der Waals surface area contributed by atoms with E-state index >= 15 is 0 Å². The van der Waals surface area contributed by atoms with Crippen LogP contribution in [0.5, 0.6) is 0 Å². The maximum absolute atomic E-state index is 9.65. The molecule has 2 aromatic heterocycles. The average molecular weight is 471 g/mol. The predicted molar refractivity (Wildman–Crippen MR) is 122 cm³/mol. The Morgan fingerprint density at radius 3 is 2.62 bits per heavy atom. The first-order chi connectivity index (χ1) is 14.0. The molecule has 4 rings (SSSR count). The molecule has 2 unspecified atom stereocenters. The third kappa shape index (κ3) is 3.58. The number of hydrogen-bond donors (Lipinski definition) is 2. The van der Waals surface area contributed by atoms with Crippen LogP contribution in [-0.4, -0.2) is 37.8 Å². The van der Waals surface area contributed by atoms with Crippen LogP contribution in [-0.2, 0) is 0 Å². The lowest BCUT2D eigenvalue weighted by atomic mass is 9.97. The Hall–Kier alpha value is -2.22. The number of aryl methyl sites for hydroxylation is 1. The topological polar surface area (TPSA) is 53.3 Å². The van der Waals surface area contributed by atoms with E-state index in [0.717, 1.165) is 27.2 Å². The van der Waals surface area contributed by atoms with Gasteiger partial charge in [0, 0.05) is 28.6 Å². The van der Waals surface area contributed by atoms with Crippen molar-refractivity contribution < 1.29 is 5.11 Å². The van der Waals surface area contributed by atoms with Gasteiger partial charge in [0.1, 0.15) is 0 Å². The number of aliphatic hydroxyl groups is 1. The van der Waals surface area contributed by atoms with Gasteiger partial charge in [0.15, 0.2) is 5.11 Å². The highest BCUT2D eigenvalue weighted by molar-refractivity contribution is 9.10. The molecule has 0 amide bonds. The highest BCUT2D eigenvalue weighted by atomic mass is 79.9. The van der Waals surface area contributed by atoms with Crippen LogP contribution in [0.3, 0.4) is 0 Å². The summed E-state index contributed by atoms with van der Waals surface area (Å²) in [6.07, 6.45) is 1.80. The first kappa shape index (κ1) is 20.1. The van der Waals surface area contributed by atoms with E-state index in [9.17, 15) is 5.11 Å². The van der Waals surface area contributed by atoms with Crippen LogP contribution < -0.4 is 5.32 Å². The van der Waals surface area contributed by atoms with E-state index in [-0.39, 0.29) is 18.7 Å². The van der Waals surface area contributed by atoms with Crippen molar-refractivity contribution in [2.75, 3.05) is 13.2 Å². The number of halogens is 1. The maximum atomic E-state index is 9.65. The zero-order valence-electron chi connectivity index (χ0n) is 16.3. The molecule has 2 N–H and O–H groups in total. The van der Waals surface area contributed by atoms with Gasteiger partial charge in [0.2, 0.25) is 0 Å². The number of para-hydroxylation sites is 1. The van der Waals surface area contributed by atoms with E-state index in [2.05, 4.69) is 67.7 Å². The molecule has 5 nitrogen and oxygen atoms in total. The summed E-state index contributed by atoms with van der Waals surface area (Å²) >= 11 is 9.30. The van der Waals surface area contributed by atoms with Gasteiger partial charge in [-0.2, -0.15) is 0 Å². The Kier molecular flexibility index (Phi) is 5.72. The van der Waals surface area contributed by atoms with E-state index in [1.54, 1.807) is 6.20 Å². The van der Waals surface area contributed by atoms with E-state index in [1.807, 2.05) is 30.3 Å². The van der Waals surface area contributed by atoms with Gasteiger partial charge in [-0.3, -0.25) is 4.98 Å². The molecule has 3 aromatic rings. The number of β-amino-alcohol motifs (C(OH)–C–C–N with tert-alkyl or cyclic N) is 1. The summed E-state index contributed by atoms with van der Waals surface area (Å²) in [5.74, 6) is 0. The molecule has 29 heavy (non-hydrogen) atoms. The summed E-state index contributed by atoms with van der Waals surface area (Å²) in [6, 6.07) is 16.2. The van der Waals surface area contributed by atoms with Crippen LogP contribution in [0.15, 0.2) is 59.2 Å². The van der Waals surface area contributed by atoms with Crippen molar-refractivity contribution in [3.8, 4) is 5.69 Å². The highest BCUT2D eigenvalue weighted by Gasteiger charge is 2.41. The van der Waals surface area contributed by atoms with Gasteiger partial charge in [0.25, 0.3) is 0 Å². The molecule has 2 atom stereocenters. The quantitative estimate of drug-likeness (QED) is 0.546. The Morgan fingerprint density at radius 1 is 1.17 bits per heavy atom. The molecule has 1 aliphatic heterocycles. The fourth-order valence-electron chi connectivity index (χ4n) is 4.18. The number of aromatic nitrogens is 2. The summed E-state index contributed by atoms with van der Waals surface area (Å²) in [7, 11) is 0. The number of rotatable bonds is 5. The minimum absolute atomic E-state index is 0.0379. The number of thiocarbonyl (C=S) groups is 1. The summed E-state index contributed by atoms with van der Waals surface area (Å²) in [5, 5.41) is 13.7. The monoisotopic (exact) mass is 470 g/mol. The van der Waals surface area contributed by atoms with Gasteiger partial charge >= 0.3 is 0 Å². The zero-order valence-corrected chi connectivity index (χ0v) is 18.7. The van der Waals surface area contributed by atoms with Gasteiger partial charge in [-0.15, -0.1) is 0 Å². The Balaban J connectivity index is 1.85. The van der Waals surface area contributed by atoms with Crippen molar-refractivity contribution in [1.29, 1.82) is 0 Å². The third-order valence-corrected chi connectivity index (χ3v) is 6.44. The van der Waals surface area contributed by atoms with Crippen LogP contribution in [0.1, 0.15) is 34.7 Å². The minimum atomic E-state index is -0.0802. The van der Waals surface area contributed by atoms with Crippen LogP contribution in [0.4, 0.5) is 0 Å². The number of aliphatic hydroxyl groups excluding tert-OH is 1. The van der Waals surface area contributed by atoms with Gasteiger partial charge in [0.05, 0.1) is 30.1 Å². The molecule has 0 bridgehead atoms. The molecule has 1 aliphatic rings. The summed E-state index contributed by atoms with van der Waals surface area (Å²) < 4.78 is 3.30. The summed E-state index contributed by atoms with van der Waals surface area (Å²) in [5.41, 5.74) is 5.51. The summed E-state index contributed by atoms with van der Waals surface area (Å²) in [6.45, 7) is 4.76. The lowest BCUT2D eigenvalue weighted by Crippen LogP contribution is -2.32. The number of nitrogens with one attached hydrogen (secondary N) is 1. The Morgan fingerprint density at radius 2 is 1.93 bits per heavy atom. The van der Waals surface area contributed by atoms with E-state index in [1.165, 1.54) is 5.56 Å². The van der Waals surface area contributed by atoms with Crippen LogP contribution in [0, 0.1) is 13.8 Å². The van der Waals surface area contributed by atoms with E-state index in [0.29, 0.717) is 11.7 Å². The molecule has 0 radical (unpaired) electrons. The molecule has 0 saturated carbocycles. The lowest BCUT2D eigenvalue weighted by Gasteiger charge is -2.27. The van der Waals surface area contributed by atoms with Crippen LogP contribution in [0.25, 0.3) is 5.69 Å². The highest BCUT2D eigenvalue weighted by Crippen LogP contribution is 2.41. The second-order valence-electron chi connectivity index (χ2n) is 7.16. The zero-order chi connectivity index (χ0) is 20.5. The first-order valence-corrected chi connectivity index (χ1v) is 10.8. The van der Waals surface area contributed by atoms with Crippen molar-refractivity contribution in [2.24, 2.45) is 0 Å². The normalized spacial score (nSPS) is 18.9. The second-order valence-corrected chi connectivity index (χ2v) is 8.40. The minimum Gasteiger partial charge on any atom is -0.395 e. The smallest absolute Gasteiger partial charge is 0.170 e. The number of hydrogen-bond acceptors (Lipinski definition) is 3. The molecule has 0 spiro atoms. The number of pyridine rings is 1. The predicted octanol–water partition coefficient (Wildman–Crippen LogP) is 4.22. The van der Waals surface area contributed by atoms with Crippen molar-refractivity contribution in [3.63, 3.8) is 0 Å². The van der Waals surface area contributed by atoms with Gasteiger partial charge in [-0.25, -0.2) is 0 Å². The van der Waals surface area contributed by atoms with Crippen LogP contribution >= 0.6 is 28.1 Å². The average Bonchev–Trinajstić information content (AvgIpc) is 3.19. The van der Waals surface area contributed by atoms with Crippen molar-refractivity contribution in [3.05, 3.63) is 81.8 Å². The SMILES string of the molecule is Cc1cc(C2C(c3ccccn3)NC(=S)N2CCO)c(C)n1-c1ccccc1Br. The molecular weight excluding hydrogens is 448 g/mol. The molecule has 1 aromatic carbocycles. The largest absolute Gasteiger partial charge is 0.395 e. The molecule has 150 valence electrons. The lowest BCUT2D eigenvalue weighted by molar-refractivity contribution is 0.223. The second kappa shape index (κ2) is 8.26. The first-order valence-electron chi connectivity index (χ1n) is 9.55. The summed E-state index contributed by atoms with van der Waals surface area (Å²) in [4.78, 5) is 6.64. The van der Waals surface area contributed by atoms with Gasteiger partial charge < -0.3 is 19.9 Å². The van der Waals surface area contributed by atoms with E-state index in [4.69, 9.17) is 12.2 Å². The third-order valence-electron chi connectivity index (χ3n) is 5.42. The molecule has 0 aliphatic carbocycles. The molecule has 3 heterocycles.